The van der Waals surface area contributed by atoms with Gasteiger partial charge in [0.25, 0.3) is 5.91 Å². The summed E-state index contributed by atoms with van der Waals surface area (Å²) in [4.78, 5) is 16.8. The number of amides is 1. The lowest BCUT2D eigenvalue weighted by Crippen LogP contribution is -2.34. The fourth-order valence-corrected chi connectivity index (χ4v) is 4.78. The molecular weight excluding hydrogens is 378 g/mol. The molecule has 0 saturated carbocycles. The lowest BCUT2D eigenvalue weighted by molar-refractivity contribution is 0.0944. The third kappa shape index (κ3) is 3.71. The van der Waals surface area contributed by atoms with E-state index >= 15 is 0 Å². The van der Waals surface area contributed by atoms with Gasteiger partial charge in [0.2, 0.25) is 0 Å². The van der Waals surface area contributed by atoms with Crippen LogP contribution in [0, 0.1) is 0 Å². The standard InChI is InChI=1S/C24H25N3OS/c1-26(2)20(21-14-9-15-29-21)16-25-24(28)22-18-12-7-8-13-19(18)27(3)23(22)17-10-5-4-6-11-17/h4-15,20H,16H2,1-3H3,(H,25,28)/t20-/m1/s1. The Morgan fingerprint density at radius 2 is 1.76 bits per heavy atom. The van der Waals surface area contributed by atoms with Crippen molar-refractivity contribution in [3.05, 3.63) is 82.6 Å². The third-order valence-electron chi connectivity index (χ3n) is 5.33. The number of rotatable bonds is 6. The molecule has 4 rings (SSSR count). The van der Waals surface area contributed by atoms with E-state index in [-0.39, 0.29) is 11.9 Å². The first-order valence-electron chi connectivity index (χ1n) is 9.68. The van der Waals surface area contributed by atoms with Gasteiger partial charge in [-0.3, -0.25) is 4.79 Å². The van der Waals surface area contributed by atoms with Crippen molar-refractivity contribution in [1.29, 1.82) is 0 Å². The molecule has 0 saturated heterocycles. The Labute approximate surface area is 175 Å². The Morgan fingerprint density at radius 1 is 1.03 bits per heavy atom. The Kier molecular flexibility index (Phi) is 5.51. The van der Waals surface area contributed by atoms with Gasteiger partial charge in [-0.25, -0.2) is 0 Å². The van der Waals surface area contributed by atoms with Crippen LogP contribution in [0.15, 0.2) is 72.1 Å². The first-order chi connectivity index (χ1) is 14.1. The number of benzene rings is 2. The van der Waals surface area contributed by atoms with Crippen LogP contribution in [-0.2, 0) is 7.05 Å². The molecule has 0 fully saturated rings. The van der Waals surface area contributed by atoms with Gasteiger partial charge in [-0.05, 0) is 37.2 Å². The molecule has 0 aliphatic rings. The predicted octanol–water partition coefficient (Wildman–Crippen LogP) is 4.94. The van der Waals surface area contributed by atoms with Crippen molar-refractivity contribution in [3.63, 3.8) is 0 Å². The van der Waals surface area contributed by atoms with E-state index in [0.717, 1.165) is 27.7 Å². The molecule has 29 heavy (non-hydrogen) atoms. The number of aromatic nitrogens is 1. The fraction of sp³-hybridized carbons (Fsp3) is 0.208. The van der Waals surface area contributed by atoms with Crippen molar-refractivity contribution < 1.29 is 4.79 Å². The van der Waals surface area contributed by atoms with Crippen LogP contribution in [0.5, 0.6) is 0 Å². The van der Waals surface area contributed by atoms with Crippen LogP contribution < -0.4 is 5.32 Å². The Bertz CT molecular complexity index is 1110. The quantitative estimate of drug-likeness (QED) is 0.495. The second-order valence-electron chi connectivity index (χ2n) is 7.37. The van der Waals surface area contributed by atoms with E-state index in [2.05, 4.69) is 50.5 Å². The molecule has 0 aliphatic carbocycles. The number of hydrogen-bond acceptors (Lipinski definition) is 3. The van der Waals surface area contributed by atoms with Gasteiger partial charge in [0.15, 0.2) is 0 Å². The number of aryl methyl sites for hydroxylation is 1. The summed E-state index contributed by atoms with van der Waals surface area (Å²) in [5.74, 6) is -0.0379. The van der Waals surface area contributed by atoms with E-state index in [4.69, 9.17) is 0 Å². The van der Waals surface area contributed by atoms with Crippen LogP contribution in [-0.4, -0.2) is 36.0 Å². The van der Waals surface area contributed by atoms with E-state index in [1.807, 2.05) is 57.5 Å². The summed E-state index contributed by atoms with van der Waals surface area (Å²) in [5.41, 5.74) is 3.78. The maximum Gasteiger partial charge on any atom is 0.254 e. The molecule has 0 radical (unpaired) electrons. The Hall–Kier alpha value is -2.89. The number of nitrogens with zero attached hydrogens (tertiary/aromatic N) is 2. The zero-order valence-corrected chi connectivity index (χ0v) is 17.7. The van der Waals surface area contributed by atoms with Crippen LogP contribution in [0.4, 0.5) is 0 Å². The minimum absolute atomic E-state index is 0.0379. The van der Waals surface area contributed by atoms with E-state index in [1.165, 1.54) is 4.88 Å². The molecule has 4 nitrogen and oxygen atoms in total. The van der Waals surface area contributed by atoms with Crippen LogP contribution in [0.1, 0.15) is 21.3 Å². The number of likely N-dealkylation sites (N-methyl/N-ethyl adjacent to an activating group) is 1. The summed E-state index contributed by atoms with van der Waals surface area (Å²) in [6, 6.07) is 22.5. The number of carbonyl (C=O) groups excluding carboxylic acids is 1. The summed E-state index contributed by atoms with van der Waals surface area (Å²) < 4.78 is 2.11. The third-order valence-corrected chi connectivity index (χ3v) is 6.31. The molecule has 2 heterocycles. The lowest BCUT2D eigenvalue weighted by Gasteiger charge is -2.23. The molecule has 2 aromatic heterocycles. The molecule has 1 atom stereocenters. The van der Waals surface area contributed by atoms with Crippen molar-refractivity contribution >= 4 is 28.1 Å². The molecule has 0 aliphatic heterocycles. The number of fused-ring (bicyclic) bond motifs is 1. The Morgan fingerprint density at radius 3 is 2.45 bits per heavy atom. The van der Waals surface area contributed by atoms with Crippen LogP contribution in [0.25, 0.3) is 22.2 Å². The van der Waals surface area contributed by atoms with Gasteiger partial charge >= 0.3 is 0 Å². The number of hydrogen-bond donors (Lipinski definition) is 1. The van der Waals surface area contributed by atoms with Gasteiger partial charge in [-0.2, -0.15) is 0 Å². The summed E-state index contributed by atoms with van der Waals surface area (Å²) in [7, 11) is 6.11. The van der Waals surface area contributed by atoms with Crippen molar-refractivity contribution in [2.75, 3.05) is 20.6 Å². The molecule has 2 aromatic carbocycles. The van der Waals surface area contributed by atoms with Crippen LogP contribution in [0.3, 0.4) is 0 Å². The summed E-state index contributed by atoms with van der Waals surface area (Å²) in [6.07, 6.45) is 0. The molecule has 5 heteroatoms. The van der Waals surface area contributed by atoms with Crippen LogP contribution >= 0.6 is 11.3 Å². The minimum atomic E-state index is -0.0379. The highest BCUT2D eigenvalue weighted by Crippen LogP contribution is 2.33. The number of nitrogens with one attached hydrogen (secondary N) is 1. The second kappa shape index (κ2) is 8.23. The fourth-order valence-electron chi connectivity index (χ4n) is 3.85. The van der Waals surface area contributed by atoms with E-state index in [9.17, 15) is 4.79 Å². The van der Waals surface area contributed by atoms with Gasteiger partial charge in [0.05, 0.1) is 17.3 Å². The molecule has 1 amide bonds. The van der Waals surface area contributed by atoms with Crippen molar-refractivity contribution in [2.45, 2.75) is 6.04 Å². The SMILES string of the molecule is CN(C)[C@H](CNC(=O)c1c(-c2ccccc2)n(C)c2ccccc12)c1cccs1. The van der Waals surface area contributed by atoms with Crippen molar-refractivity contribution in [3.8, 4) is 11.3 Å². The smallest absolute Gasteiger partial charge is 0.254 e. The zero-order chi connectivity index (χ0) is 20.4. The normalized spacial score (nSPS) is 12.4. The van der Waals surface area contributed by atoms with Gasteiger partial charge in [-0.15, -0.1) is 11.3 Å². The molecule has 0 bridgehead atoms. The summed E-state index contributed by atoms with van der Waals surface area (Å²) >= 11 is 1.72. The van der Waals surface area contributed by atoms with Gasteiger partial charge < -0.3 is 14.8 Å². The molecule has 1 N–H and O–H groups in total. The maximum atomic E-state index is 13.4. The van der Waals surface area contributed by atoms with Gasteiger partial charge in [0.1, 0.15) is 0 Å². The maximum absolute atomic E-state index is 13.4. The lowest BCUT2D eigenvalue weighted by atomic mass is 10.0. The number of carbonyl (C=O) groups is 1. The predicted molar refractivity (Wildman–Crippen MR) is 121 cm³/mol. The second-order valence-corrected chi connectivity index (χ2v) is 8.35. The topological polar surface area (TPSA) is 37.3 Å². The zero-order valence-electron chi connectivity index (χ0n) is 16.9. The van der Waals surface area contributed by atoms with Crippen molar-refractivity contribution in [2.24, 2.45) is 7.05 Å². The highest BCUT2D eigenvalue weighted by molar-refractivity contribution is 7.10. The highest BCUT2D eigenvalue weighted by atomic mass is 32.1. The molecule has 0 spiro atoms. The Balaban J connectivity index is 1.72. The molecular formula is C24H25N3OS. The van der Waals surface area contributed by atoms with Crippen LogP contribution in [0.2, 0.25) is 0 Å². The average molecular weight is 404 g/mol. The number of thiophene rings is 1. The number of para-hydroxylation sites is 1. The van der Waals surface area contributed by atoms with Crippen molar-refractivity contribution in [1.82, 2.24) is 14.8 Å². The van der Waals surface area contributed by atoms with E-state index in [1.54, 1.807) is 11.3 Å². The first-order valence-corrected chi connectivity index (χ1v) is 10.6. The largest absolute Gasteiger partial charge is 0.350 e. The molecule has 0 unspecified atom stereocenters. The summed E-state index contributed by atoms with van der Waals surface area (Å²) in [6.45, 7) is 0.559. The average Bonchev–Trinajstić information content (AvgIpc) is 3.35. The minimum Gasteiger partial charge on any atom is -0.350 e. The highest BCUT2D eigenvalue weighted by Gasteiger charge is 2.23. The first kappa shape index (κ1) is 19.4. The molecule has 148 valence electrons. The molecule has 4 aromatic rings. The van der Waals surface area contributed by atoms with E-state index < -0.39 is 0 Å². The van der Waals surface area contributed by atoms with Gasteiger partial charge in [0, 0.05) is 29.4 Å². The monoisotopic (exact) mass is 403 g/mol. The summed E-state index contributed by atoms with van der Waals surface area (Å²) in [5, 5.41) is 6.25. The van der Waals surface area contributed by atoms with E-state index in [0.29, 0.717) is 6.54 Å². The van der Waals surface area contributed by atoms with Gasteiger partial charge in [-0.1, -0.05) is 54.6 Å².